The average Bonchev–Trinajstić information content (AvgIpc) is 2.52. The second kappa shape index (κ2) is 6.83. The lowest BCUT2D eigenvalue weighted by atomic mass is 9.89. The zero-order valence-corrected chi connectivity index (χ0v) is 13.7. The Kier molecular flexibility index (Phi) is 5.08. The van der Waals surface area contributed by atoms with E-state index in [4.69, 9.17) is 0 Å². The Labute approximate surface area is 131 Å². The van der Waals surface area contributed by atoms with E-state index in [1.165, 1.54) is 0 Å². The van der Waals surface area contributed by atoms with Gasteiger partial charge < -0.3 is 10.4 Å². The first kappa shape index (κ1) is 16.4. The van der Waals surface area contributed by atoms with Crippen LogP contribution < -0.4 is 5.32 Å². The van der Waals surface area contributed by atoms with E-state index in [0.717, 1.165) is 23.5 Å². The number of aromatic nitrogens is 3. The maximum Gasteiger partial charge on any atom is 0.161 e. The molecule has 0 saturated carbocycles. The predicted molar refractivity (Wildman–Crippen MR) is 88.6 cm³/mol. The number of anilines is 1. The number of pyridine rings is 1. The molecular weight excluding hydrogens is 276 g/mol. The highest BCUT2D eigenvalue weighted by atomic mass is 16.3. The Bertz CT molecular complexity index is 608. The van der Waals surface area contributed by atoms with Crippen LogP contribution in [0.4, 0.5) is 5.82 Å². The summed E-state index contributed by atoms with van der Waals surface area (Å²) in [4.78, 5) is 13.1. The summed E-state index contributed by atoms with van der Waals surface area (Å²) in [6.07, 6.45) is 3.84. The quantitative estimate of drug-likeness (QED) is 0.888. The first-order valence-electron chi connectivity index (χ1n) is 7.60. The molecule has 2 heterocycles. The van der Waals surface area contributed by atoms with Crippen molar-refractivity contribution < 1.29 is 5.11 Å². The van der Waals surface area contributed by atoms with E-state index in [9.17, 15) is 5.11 Å². The molecule has 0 aliphatic heterocycles. The molecule has 2 rings (SSSR count). The fraction of sp³-hybridized carbons (Fsp3) is 0.471. The second-order valence-electron chi connectivity index (χ2n) is 6.42. The third kappa shape index (κ3) is 4.24. The molecule has 0 amide bonds. The minimum Gasteiger partial charge on any atom is -0.391 e. The van der Waals surface area contributed by atoms with Crippen molar-refractivity contribution >= 4 is 5.82 Å². The molecule has 0 spiro atoms. The standard InChI is InChI=1S/C17H24N4O/c1-5-13-10-15(19-11-14(22)17(2,3)4)21-16(20-13)12-6-8-18-9-7-12/h6-10,14,22H,5,11H2,1-4H3,(H,19,20,21). The van der Waals surface area contributed by atoms with Crippen LogP contribution in [0.3, 0.4) is 0 Å². The predicted octanol–water partition coefficient (Wildman–Crippen LogP) is 2.92. The topological polar surface area (TPSA) is 70.9 Å². The molecule has 2 aromatic rings. The highest BCUT2D eigenvalue weighted by molar-refractivity contribution is 5.56. The van der Waals surface area contributed by atoms with Crippen LogP contribution in [0.5, 0.6) is 0 Å². The van der Waals surface area contributed by atoms with E-state index in [0.29, 0.717) is 12.4 Å². The molecule has 5 heteroatoms. The van der Waals surface area contributed by atoms with Gasteiger partial charge >= 0.3 is 0 Å². The van der Waals surface area contributed by atoms with Gasteiger partial charge in [0.15, 0.2) is 5.82 Å². The molecule has 0 fully saturated rings. The van der Waals surface area contributed by atoms with Crippen molar-refractivity contribution in [3.05, 3.63) is 36.3 Å². The van der Waals surface area contributed by atoms with Crippen LogP contribution >= 0.6 is 0 Å². The van der Waals surface area contributed by atoms with Crippen molar-refractivity contribution in [2.24, 2.45) is 5.41 Å². The normalized spacial score (nSPS) is 13.0. The lowest BCUT2D eigenvalue weighted by Gasteiger charge is -2.26. The van der Waals surface area contributed by atoms with Crippen LogP contribution in [0, 0.1) is 5.41 Å². The summed E-state index contributed by atoms with van der Waals surface area (Å²) in [5, 5.41) is 13.4. The van der Waals surface area contributed by atoms with E-state index in [2.05, 4.69) is 27.2 Å². The first-order valence-corrected chi connectivity index (χ1v) is 7.60. The van der Waals surface area contributed by atoms with Gasteiger partial charge in [-0.1, -0.05) is 27.7 Å². The van der Waals surface area contributed by atoms with Crippen LogP contribution in [0.25, 0.3) is 11.4 Å². The second-order valence-corrected chi connectivity index (χ2v) is 6.42. The van der Waals surface area contributed by atoms with Crippen molar-refractivity contribution in [1.29, 1.82) is 0 Å². The van der Waals surface area contributed by atoms with Crippen LogP contribution in [-0.2, 0) is 6.42 Å². The molecule has 0 aliphatic carbocycles. The Morgan fingerprint density at radius 2 is 1.86 bits per heavy atom. The van der Waals surface area contributed by atoms with Gasteiger partial charge in [0.2, 0.25) is 0 Å². The Balaban J connectivity index is 2.21. The number of rotatable bonds is 5. The van der Waals surface area contributed by atoms with Gasteiger partial charge in [0.25, 0.3) is 0 Å². The van der Waals surface area contributed by atoms with Gasteiger partial charge in [-0.05, 0) is 24.0 Å². The highest BCUT2D eigenvalue weighted by Crippen LogP contribution is 2.21. The van der Waals surface area contributed by atoms with Crippen molar-refractivity contribution in [2.75, 3.05) is 11.9 Å². The monoisotopic (exact) mass is 300 g/mol. The summed E-state index contributed by atoms with van der Waals surface area (Å²) < 4.78 is 0. The summed E-state index contributed by atoms with van der Waals surface area (Å²) in [5.41, 5.74) is 1.74. The molecular formula is C17H24N4O. The van der Waals surface area contributed by atoms with Gasteiger partial charge in [-0.15, -0.1) is 0 Å². The van der Waals surface area contributed by atoms with Crippen molar-refractivity contribution in [3.63, 3.8) is 0 Å². The SMILES string of the molecule is CCc1cc(NCC(O)C(C)(C)C)nc(-c2ccncc2)n1. The zero-order valence-electron chi connectivity index (χ0n) is 13.7. The van der Waals surface area contributed by atoms with E-state index in [1.54, 1.807) is 12.4 Å². The summed E-state index contributed by atoms with van der Waals surface area (Å²) in [6.45, 7) is 8.56. The lowest BCUT2D eigenvalue weighted by Crippen LogP contribution is -2.33. The molecule has 2 N–H and O–H groups in total. The van der Waals surface area contributed by atoms with Crippen LogP contribution in [0.1, 0.15) is 33.4 Å². The molecule has 0 bridgehead atoms. The summed E-state index contributed by atoms with van der Waals surface area (Å²) >= 11 is 0. The molecule has 118 valence electrons. The number of aliphatic hydroxyl groups is 1. The molecule has 1 unspecified atom stereocenters. The Morgan fingerprint density at radius 1 is 1.18 bits per heavy atom. The van der Waals surface area contributed by atoms with E-state index < -0.39 is 6.10 Å². The maximum absolute atomic E-state index is 10.1. The van der Waals surface area contributed by atoms with Crippen LogP contribution in [-0.4, -0.2) is 32.7 Å². The van der Waals surface area contributed by atoms with Gasteiger partial charge in [-0.2, -0.15) is 0 Å². The molecule has 0 radical (unpaired) electrons. The van der Waals surface area contributed by atoms with E-state index in [-0.39, 0.29) is 5.41 Å². The van der Waals surface area contributed by atoms with Gasteiger partial charge in [0, 0.05) is 36.3 Å². The Hall–Kier alpha value is -2.01. The number of aryl methyl sites for hydroxylation is 1. The van der Waals surface area contributed by atoms with Gasteiger partial charge in [-0.25, -0.2) is 9.97 Å². The maximum atomic E-state index is 10.1. The summed E-state index contributed by atoms with van der Waals surface area (Å²) in [6, 6.07) is 5.71. The smallest absolute Gasteiger partial charge is 0.161 e. The fourth-order valence-corrected chi connectivity index (χ4v) is 1.91. The molecule has 0 saturated heterocycles. The van der Waals surface area contributed by atoms with Gasteiger partial charge in [0.1, 0.15) is 5.82 Å². The van der Waals surface area contributed by atoms with Crippen molar-refractivity contribution in [3.8, 4) is 11.4 Å². The molecule has 5 nitrogen and oxygen atoms in total. The number of hydrogen-bond acceptors (Lipinski definition) is 5. The van der Waals surface area contributed by atoms with Crippen LogP contribution in [0.15, 0.2) is 30.6 Å². The summed E-state index contributed by atoms with van der Waals surface area (Å²) in [5.74, 6) is 1.41. The molecule has 22 heavy (non-hydrogen) atoms. The average molecular weight is 300 g/mol. The molecule has 2 aromatic heterocycles. The van der Waals surface area contributed by atoms with Gasteiger partial charge in [-0.3, -0.25) is 4.98 Å². The third-order valence-electron chi connectivity index (χ3n) is 3.56. The minimum atomic E-state index is -0.447. The highest BCUT2D eigenvalue weighted by Gasteiger charge is 2.21. The van der Waals surface area contributed by atoms with Crippen LogP contribution in [0.2, 0.25) is 0 Å². The lowest BCUT2D eigenvalue weighted by molar-refractivity contribution is 0.0745. The summed E-state index contributed by atoms with van der Waals surface area (Å²) in [7, 11) is 0. The minimum absolute atomic E-state index is 0.165. The molecule has 0 aromatic carbocycles. The Morgan fingerprint density at radius 3 is 2.45 bits per heavy atom. The van der Waals surface area contributed by atoms with E-state index >= 15 is 0 Å². The van der Waals surface area contributed by atoms with Crippen molar-refractivity contribution in [1.82, 2.24) is 15.0 Å². The van der Waals surface area contributed by atoms with E-state index in [1.807, 2.05) is 39.0 Å². The number of nitrogens with one attached hydrogen (secondary N) is 1. The van der Waals surface area contributed by atoms with Gasteiger partial charge in [0.05, 0.1) is 6.10 Å². The molecule has 1 atom stereocenters. The molecule has 0 aliphatic rings. The van der Waals surface area contributed by atoms with Crippen molar-refractivity contribution in [2.45, 2.75) is 40.2 Å². The first-order chi connectivity index (χ1) is 10.4. The largest absolute Gasteiger partial charge is 0.391 e. The number of aliphatic hydroxyl groups excluding tert-OH is 1. The fourth-order valence-electron chi connectivity index (χ4n) is 1.91. The number of hydrogen-bond donors (Lipinski definition) is 2. The number of nitrogens with zero attached hydrogens (tertiary/aromatic N) is 3. The zero-order chi connectivity index (χ0) is 16.2. The third-order valence-corrected chi connectivity index (χ3v) is 3.56.